The topological polar surface area (TPSA) is 71.5 Å². The van der Waals surface area contributed by atoms with Gasteiger partial charge in [-0.05, 0) is 24.6 Å². The number of hydrogen-bond donors (Lipinski definition) is 2. The number of aliphatic hydroxyl groups is 1. The second kappa shape index (κ2) is 6.95. The van der Waals surface area contributed by atoms with E-state index >= 15 is 0 Å². The number of nitrogens with zero attached hydrogens (tertiary/aromatic N) is 1. The van der Waals surface area contributed by atoms with Crippen molar-refractivity contribution < 1.29 is 19.0 Å². The summed E-state index contributed by atoms with van der Waals surface area (Å²) in [5.74, 6) is -0.752. The van der Waals surface area contributed by atoms with E-state index in [1.54, 1.807) is 19.4 Å². The molecule has 0 aliphatic rings. The second-order valence-electron chi connectivity index (χ2n) is 5.02. The average molecular weight is 324 g/mol. The van der Waals surface area contributed by atoms with Crippen LogP contribution < -0.4 is 5.32 Å². The molecule has 2 N–H and O–H groups in total. The molecule has 0 aliphatic carbocycles. The van der Waals surface area contributed by atoms with Crippen molar-refractivity contribution in [3.05, 3.63) is 51.7 Å². The van der Waals surface area contributed by atoms with Crippen LogP contribution in [0.3, 0.4) is 0 Å². The molecule has 0 bridgehead atoms. The van der Waals surface area contributed by atoms with Gasteiger partial charge < -0.3 is 15.2 Å². The maximum atomic E-state index is 12.9. The van der Waals surface area contributed by atoms with Crippen LogP contribution in [-0.2, 0) is 16.9 Å². The maximum Gasteiger partial charge on any atom is 0.270 e. The number of aromatic nitrogens is 1. The second-order valence-corrected chi connectivity index (χ2v) is 5.97. The summed E-state index contributed by atoms with van der Waals surface area (Å²) in [7, 11) is 1.56. The molecule has 2 aromatic rings. The molecular formula is C15H17FN2O3S. The number of amides is 1. The fourth-order valence-corrected chi connectivity index (χ4v) is 2.60. The van der Waals surface area contributed by atoms with E-state index in [1.165, 1.54) is 35.6 Å². The van der Waals surface area contributed by atoms with E-state index in [4.69, 9.17) is 4.74 Å². The van der Waals surface area contributed by atoms with Crippen LogP contribution >= 0.6 is 11.3 Å². The third-order valence-electron chi connectivity index (χ3n) is 3.11. The Bertz CT molecular complexity index is 640. The van der Waals surface area contributed by atoms with Crippen LogP contribution in [0, 0.1) is 5.82 Å². The third-order valence-corrected chi connectivity index (χ3v) is 3.93. The van der Waals surface area contributed by atoms with E-state index in [1.807, 2.05) is 0 Å². The summed E-state index contributed by atoms with van der Waals surface area (Å²) in [6.07, 6.45) is 0. The molecule has 0 spiro atoms. The van der Waals surface area contributed by atoms with E-state index in [2.05, 4.69) is 10.3 Å². The Labute approximate surface area is 131 Å². The summed E-state index contributed by atoms with van der Waals surface area (Å²) in [5.41, 5.74) is -0.492. The van der Waals surface area contributed by atoms with Gasteiger partial charge in [0.05, 0.1) is 13.2 Å². The molecule has 118 valence electrons. The van der Waals surface area contributed by atoms with Crippen LogP contribution in [-0.4, -0.2) is 29.7 Å². The van der Waals surface area contributed by atoms with Crippen molar-refractivity contribution in [3.8, 4) is 0 Å². The lowest BCUT2D eigenvalue weighted by Crippen LogP contribution is -2.38. The van der Waals surface area contributed by atoms with Gasteiger partial charge in [0.25, 0.3) is 5.91 Å². The summed E-state index contributed by atoms with van der Waals surface area (Å²) in [4.78, 5) is 16.2. The third kappa shape index (κ3) is 4.09. The van der Waals surface area contributed by atoms with E-state index < -0.39 is 5.60 Å². The average Bonchev–Trinajstić information content (AvgIpc) is 2.94. The first-order valence-electron chi connectivity index (χ1n) is 6.62. The van der Waals surface area contributed by atoms with Crippen molar-refractivity contribution in [2.75, 3.05) is 13.7 Å². The highest BCUT2D eigenvalue weighted by Crippen LogP contribution is 2.20. The van der Waals surface area contributed by atoms with E-state index in [0.717, 1.165) is 0 Å². The lowest BCUT2D eigenvalue weighted by atomic mass is 9.96. The number of thiazole rings is 1. The number of hydrogen-bond acceptors (Lipinski definition) is 5. The van der Waals surface area contributed by atoms with Crippen molar-refractivity contribution in [2.24, 2.45) is 0 Å². The Morgan fingerprint density at radius 1 is 1.45 bits per heavy atom. The number of halogens is 1. The standard InChI is InChI=1S/C15H17FN2O3S/c1-15(20,10-3-5-11(16)6-4-10)9-17-14(19)12-8-22-13(18-12)7-21-2/h3-6,8,20H,7,9H2,1-2H3,(H,17,19). The molecule has 0 saturated heterocycles. The summed E-state index contributed by atoms with van der Waals surface area (Å²) in [6, 6.07) is 5.51. The maximum absolute atomic E-state index is 12.9. The lowest BCUT2D eigenvalue weighted by Gasteiger charge is -2.24. The molecule has 1 heterocycles. The van der Waals surface area contributed by atoms with Crippen molar-refractivity contribution >= 4 is 17.2 Å². The summed E-state index contributed by atoms with van der Waals surface area (Å²) < 4.78 is 17.9. The van der Waals surface area contributed by atoms with E-state index in [9.17, 15) is 14.3 Å². The van der Waals surface area contributed by atoms with Gasteiger partial charge in [-0.25, -0.2) is 9.37 Å². The van der Waals surface area contributed by atoms with Crippen LogP contribution in [0.1, 0.15) is 28.0 Å². The van der Waals surface area contributed by atoms with Crippen molar-refractivity contribution in [1.82, 2.24) is 10.3 Å². The molecule has 1 unspecified atom stereocenters. The van der Waals surface area contributed by atoms with Gasteiger partial charge in [0.1, 0.15) is 22.1 Å². The first-order valence-corrected chi connectivity index (χ1v) is 7.50. The summed E-state index contributed by atoms with van der Waals surface area (Å²) in [6.45, 7) is 1.90. The number of rotatable bonds is 6. The van der Waals surface area contributed by atoms with Gasteiger partial charge >= 0.3 is 0 Å². The van der Waals surface area contributed by atoms with Crippen LogP contribution in [0.15, 0.2) is 29.6 Å². The van der Waals surface area contributed by atoms with Gasteiger partial charge in [0.15, 0.2) is 0 Å². The van der Waals surface area contributed by atoms with E-state index in [0.29, 0.717) is 17.2 Å². The minimum absolute atomic E-state index is 0.00535. The smallest absolute Gasteiger partial charge is 0.270 e. The molecule has 1 amide bonds. The quantitative estimate of drug-likeness (QED) is 0.853. The monoisotopic (exact) mass is 324 g/mol. The van der Waals surface area contributed by atoms with Crippen molar-refractivity contribution in [3.63, 3.8) is 0 Å². The molecule has 0 saturated carbocycles. The van der Waals surface area contributed by atoms with Gasteiger partial charge in [-0.3, -0.25) is 4.79 Å². The number of nitrogens with one attached hydrogen (secondary N) is 1. The van der Waals surface area contributed by atoms with Crippen LogP contribution in [0.4, 0.5) is 4.39 Å². The fourth-order valence-electron chi connectivity index (χ4n) is 1.86. The van der Waals surface area contributed by atoms with Gasteiger partial charge in [-0.2, -0.15) is 0 Å². The molecule has 0 fully saturated rings. The fraction of sp³-hybridized carbons (Fsp3) is 0.333. The summed E-state index contributed by atoms with van der Waals surface area (Å²) >= 11 is 1.33. The molecule has 1 atom stereocenters. The number of ether oxygens (including phenoxy) is 1. The predicted molar refractivity (Wildman–Crippen MR) is 81.1 cm³/mol. The highest BCUT2D eigenvalue weighted by molar-refractivity contribution is 7.09. The molecule has 2 rings (SSSR count). The Morgan fingerprint density at radius 3 is 2.77 bits per heavy atom. The van der Waals surface area contributed by atoms with Crippen LogP contribution in [0.5, 0.6) is 0 Å². The van der Waals surface area contributed by atoms with Crippen molar-refractivity contribution in [2.45, 2.75) is 19.1 Å². The van der Waals surface area contributed by atoms with Crippen LogP contribution in [0.2, 0.25) is 0 Å². The molecule has 22 heavy (non-hydrogen) atoms. The molecule has 0 aliphatic heterocycles. The van der Waals surface area contributed by atoms with Gasteiger partial charge in [-0.15, -0.1) is 11.3 Å². The molecular weight excluding hydrogens is 307 g/mol. The lowest BCUT2D eigenvalue weighted by molar-refractivity contribution is 0.0524. The number of methoxy groups -OCH3 is 1. The minimum atomic E-state index is -1.30. The Hall–Kier alpha value is -1.83. The Balaban J connectivity index is 1.98. The first-order chi connectivity index (χ1) is 10.4. The van der Waals surface area contributed by atoms with Crippen molar-refractivity contribution in [1.29, 1.82) is 0 Å². The molecule has 1 aromatic heterocycles. The summed E-state index contributed by atoms with van der Waals surface area (Å²) in [5, 5.41) is 15.4. The van der Waals surface area contributed by atoms with Gasteiger partial charge in [0, 0.05) is 12.5 Å². The molecule has 1 aromatic carbocycles. The molecule has 5 nitrogen and oxygen atoms in total. The zero-order valence-electron chi connectivity index (χ0n) is 12.3. The Kier molecular flexibility index (Phi) is 5.23. The number of benzene rings is 1. The van der Waals surface area contributed by atoms with E-state index in [-0.39, 0.29) is 24.0 Å². The minimum Gasteiger partial charge on any atom is -0.384 e. The normalized spacial score (nSPS) is 13.6. The predicted octanol–water partition coefficient (Wildman–Crippen LogP) is 2.07. The number of carbonyl (C=O) groups is 1. The highest BCUT2D eigenvalue weighted by Gasteiger charge is 2.24. The molecule has 0 radical (unpaired) electrons. The zero-order valence-corrected chi connectivity index (χ0v) is 13.1. The first kappa shape index (κ1) is 16.5. The van der Waals surface area contributed by atoms with Gasteiger partial charge in [-0.1, -0.05) is 12.1 Å². The largest absolute Gasteiger partial charge is 0.384 e. The van der Waals surface area contributed by atoms with Gasteiger partial charge in [0.2, 0.25) is 0 Å². The number of carbonyl (C=O) groups excluding carboxylic acids is 1. The zero-order chi connectivity index (χ0) is 16.2. The Morgan fingerprint density at radius 2 is 2.14 bits per heavy atom. The van der Waals surface area contributed by atoms with Crippen LogP contribution in [0.25, 0.3) is 0 Å². The molecule has 7 heteroatoms. The highest BCUT2D eigenvalue weighted by atomic mass is 32.1. The SMILES string of the molecule is COCc1nc(C(=O)NCC(C)(O)c2ccc(F)cc2)cs1.